The molecule has 1 aromatic rings. The summed E-state index contributed by atoms with van der Waals surface area (Å²) in [6, 6.07) is 5.74. The SMILES string of the molecule is S=C1CC=CN=C1c1ccccn1.[H-].[H-].[Mg+2]. The van der Waals surface area contributed by atoms with E-state index in [1.807, 2.05) is 24.3 Å². The van der Waals surface area contributed by atoms with E-state index in [0.29, 0.717) is 0 Å². The number of hydrogen-bond donors (Lipinski definition) is 0. The summed E-state index contributed by atoms with van der Waals surface area (Å²) in [7, 11) is 0. The molecular weight excluding hydrogens is 204 g/mol. The van der Waals surface area contributed by atoms with Crippen molar-refractivity contribution in [2.24, 2.45) is 4.99 Å². The monoisotopic (exact) mass is 214 g/mol. The molecule has 0 atom stereocenters. The predicted molar refractivity (Wildman–Crippen MR) is 65.1 cm³/mol. The maximum atomic E-state index is 5.19. The third kappa shape index (κ3) is 2.47. The Morgan fingerprint density at radius 1 is 1.36 bits per heavy atom. The average molecular weight is 215 g/mol. The zero-order valence-corrected chi connectivity index (χ0v) is 9.91. The van der Waals surface area contributed by atoms with Crippen LogP contribution in [0, 0.1) is 0 Å². The number of aromatic nitrogens is 1. The van der Waals surface area contributed by atoms with Crippen molar-refractivity contribution in [3.8, 4) is 0 Å². The van der Waals surface area contributed by atoms with Crippen molar-refractivity contribution in [3.63, 3.8) is 0 Å². The number of thiocarbonyl (C=S) groups is 1. The smallest absolute Gasteiger partial charge is 1.00 e. The van der Waals surface area contributed by atoms with Gasteiger partial charge in [-0.25, -0.2) is 0 Å². The first-order valence-electron chi connectivity index (χ1n) is 4.05. The van der Waals surface area contributed by atoms with E-state index in [2.05, 4.69) is 9.98 Å². The van der Waals surface area contributed by atoms with Crippen LogP contribution in [0.5, 0.6) is 0 Å². The molecule has 0 unspecified atom stereocenters. The van der Waals surface area contributed by atoms with Gasteiger partial charge in [0.1, 0.15) is 5.71 Å². The van der Waals surface area contributed by atoms with E-state index in [9.17, 15) is 0 Å². The number of rotatable bonds is 1. The summed E-state index contributed by atoms with van der Waals surface area (Å²) in [6.07, 6.45) is 6.28. The molecule has 0 fully saturated rings. The van der Waals surface area contributed by atoms with Crippen molar-refractivity contribution in [1.82, 2.24) is 4.98 Å². The number of hydrogen-bond acceptors (Lipinski definition) is 3. The minimum atomic E-state index is 0. The van der Waals surface area contributed by atoms with Gasteiger partial charge in [-0.2, -0.15) is 0 Å². The molecule has 0 saturated heterocycles. The van der Waals surface area contributed by atoms with E-state index in [-0.39, 0.29) is 25.9 Å². The van der Waals surface area contributed by atoms with Crippen LogP contribution in [0.3, 0.4) is 0 Å². The Balaban J connectivity index is 0. The van der Waals surface area contributed by atoms with Gasteiger partial charge in [0.15, 0.2) is 0 Å². The molecule has 2 rings (SSSR count). The van der Waals surface area contributed by atoms with E-state index in [1.165, 1.54) is 0 Å². The van der Waals surface area contributed by atoms with Crippen molar-refractivity contribution >= 4 is 45.8 Å². The predicted octanol–water partition coefficient (Wildman–Crippen LogP) is 2.00. The van der Waals surface area contributed by atoms with Gasteiger partial charge >= 0.3 is 23.1 Å². The first kappa shape index (κ1) is 11.5. The molecule has 1 aliphatic rings. The molecule has 0 spiro atoms. The van der Waals surface area contributed by atoms with E-state index in [1.54, 1.807) is 12.4 Å². The molecule has 0 saturated carbocycles. The van der Waals surface area contributed by atoms with Gasteiger partial charge in [-0.15, -0.1) is 0 Å². The number of allylic oxidation sites excluding steroid dienone is 1. The summed E-state index contributed by atoms with van der Waals surface area (Å²) in [5, 5.41) is 0. The normalized spacial score (nSPS) is 14.6. The van der Waals surface area contributed by atoms with Crippen LogP contribution in [0.1, 0.15) is 15.0 Å². The van der Waals surface area contributed by atoms with Crippen LogP contribution in [-0.2, 0) is 0 Å². The van der Waals surface area contributed by atoms with Gasteiger partial charge in [-0.3, -0.25) is 9.98 Å². The van der Waals surface area contributed by atoms with Gasteiger partial charge in [-0.05, 0) is 12.1 Å². The first-order chi connectivity index (χ1) is 6.38. The van der Waals surface area contributed by atoms with Gasteiger partial charge in [0.2, 0.25) is 0 Å². The van der Waals surface area contributed by atoms with Gasteiger partial charge in [0.25, 0.3) is 0 Å². The summed E-state index contributed by atoms with van der Waals surface area (Å²) >= 11 is 5.19. The molecule has 0 radical (unpaired) electrons. The van der Waals surface area contributed by atoms with Crippen LogP contribution in [0.4, 0.5) is 0 Å². The molecule has 14 heavy (non-hydrogen) atoms. The van der Waals surface area contributed by atoms with Crippen LogP contribution < -0.4 is 0 Å². The Labute approximate surface area is 107 Å². The minimum Gasteiger partial charge on any atom is -1.00 e. The molecular formula is C10H10MgN2S. The van der Waals surface area contributed by atoms with E-state index in [0.717, 1.165) is 22.7 Å². The topological polar surface area (TPSA) is 25.2 Å². The second-order valence-electron chi connectivity index (χ2n) is 2.70. The molecule has 2 heterocycles. The Kier molecular flexibility index (Phi) is 4.38. The maximum Gasteiger partial charge on any atom is 2.00 e. The maximum absolute atomic E-state index is 5.19. The Morgan fingerprint density at radius 2 is 2.21 bits per heavy atom. The Hall–Kier alpha value is -0.584. The Morgan fingerprint density at radius 3 is 2.86 bits per heavy atom. The fourth-order valence-electron chi connectivity index (χ4n) is 1.17. The van der Waals surface area contributed by atoms with Crippen molar-refractivity contribution in [2.75, 3.05) is 0 Å². The summed E-state index contributed by atoms with van der Waals surface area (Å²) in [6.45, 7) is 0. The largest absolute Gasteiger partial charge is 2.00 e. The Bertz CT molecular complexity index is 393. The molecule has 0 bridgehead atoms. The van der Waals surface area contributed by atoms with Crippen molar-refractivity contribution < 1.29 is 2.85 Å². The van der Waals surface area contributed by atoms with Gasteiger partial charge < -0.3 is 2.85 Å². The van der Waals surface area contributed by atoms with Gasteiger partial charge in [0, 0.05) is 23.7 Å². The summed E-state index contributed by atoms with van der Waals surface area (Å²) in [5.74, 6) is 0. The molecule has 0 aromatic carbocycles. The van der Waals surface area contributed by atoms with Crippen LogP contribution in [0.25, 0.3) is 0 Å². The molecule has 0 N–H and O–H groups in total. The number of pyridine rings is 1. The molecule has 68 valence electrons. The third-order valence-corrected chi connectivity index (χ3v) is 2.14. The molecule has 2 nitrogen and oxygen atoms in total. The molecule has 0 amide bonds. The van der Waals surface area contributed by atoms with E-state index in [4.69, 9.17) is 12.2 Å². The first-order valence-corrected chi connectivity index (χ1v) is 4.46. The standard InChI is InChI=1S/C10H8N2S.Mg.2H/c13-9-5-3-7-12-10(9)8-4-1-2-6-11-8;;;/h1-4,6-7H,5H2;;;/q;+2;2*-1. The minimum absolute atomic E-state index is 0. The van der Waals surface area contributed by atoms with Gasteiger partial charge in [-0.1, -0.05) is 24.4 Å². The number of aliphatic imine (C=N–C) groups is 1. The summed E-state index contributed by atoms with van der Waals surface area (Å²) in [5.41, 5.74) is 1.69. The fraction of sp³-hybridized carbons (Fsp3) is 0.100. The van der Waals surface area contributed by atoms with Crippen molar-refractivity contribution in [3.05, 3.63) is 42.4 Å². The second kappa shape index (κ2) is 5.33. The van der Waals surface area contributed by atoms with Crippen LogP contribution in [0.15, 0.2) is 41.7 Å². The zero-order valence-electron chi connectivity index (χ0n) is 9.68. The zero-order chi connectivity index (χ0) is 9.10. The molecule has 4 heteroatoms. The summed E-state index contributed by atoms with van der Waals surface area (Å²) < 4.78 is 0. The molecule has 0 aliphatic carbocycles. The molecule has 1 aromatic heterocycles. The quantitative estimate of drug-likeness (QED) is 0.528. The van der Waals surface area contributed by atoms with Crippen molar-refractivity contribution in [1.29, 1.82) is 0 Å². The number of nitrogens with zero attached hydrogens (tertiary/aromatic N) is 2. The third-order valence-electron chi connectivity index (χ3n) is 1.78. The van der Waals surface area contributed by atoms with E-state index >= 15 is 0 Å². The fourth-order valence-corrected chi connectivity index (χ4v) is 1.42. The average Bonchev–Trinajstić information content (AvgIpc) is 2.20. The van der Waals surface area contributed by atoms with Crippen LogP contribution in [-0.4, -0.2) is 38.6 Å². The van der Waals surface area contributed by atoms with E-state index < -0.39 is 0 Å². The van der Waals surface area contributed by atoms with Crippen LogP contribution >= 0.6 is 12.2 Å². The van der Waals surface area contributed by atoms with Crippen molar-refractivity contribution in [2.45, 2.75) is 6.42 Å². The van der Waals surface area contributed by atoms with Crippen LogP contribution in [0.2, 0.25) is 0 Å². The molecule has 1 aliphatic heterocycles. The summed E-state index contributed by atoms with van der Waals surface area (Å²) in [4.78, 5) is 9.28. The van der Waals surface area contributed by atoms with Gasteiger partial charge in [0.05, 0.1) is 5.69 Å². The second-order valence-corrected chi connectivity index (χ2v) is 3.20.